The third-order valence-corrected chi connectivity index (χ3v) is 4.44. The van der Waals surface area contributed by atoms with E-state index in [9.17, 15) is 4.79 Å². The first-order chi connectivity index (χ1) is 6.25. The summed E-state index contributed by atoms with van der Waals surface area (Å²) in [6, 6.07) is 0.584. The maximum Gasteiger partial charge on any atom is 0.410 e. The van der Waals surface area contributed by atoms with Crippen LogP contribution in [0.4, 0.5) is 4.79 Å². The molecule has 3 rings (SSSR count). The van der Waals surface area contributed by atoms with Gasteiger partial charge in [-0.15, -0.1) is 0 Å². The summed E-state index contributed by atoms with van der Waals surface area (Å²) in [4.78, 5) is 13.4. The van der Waals surface area contributed by atoms with Crippen molar-refractivity contribution in [2.75, 3.05) is 13.7 Å². The quantitative estimate of drug-likeness (QED) is 0.589. The van der Waals surface area contributed by atoms with E-state index in [0.29, 0.717) is 29.5 Å². The van der Waals surface area contributed by atoms with Crippen LogP contribution in [0.1, 0.15) is 0 Å². The van der Waals surface area contributed by atoms with Gasteiger partial charge in [-0.1, -0.05) is 15.9 Å². The fourth-order valence-electron chi connectivity index (χ4n) is 2.72. The van der Waals surface area contributed by atoms with Gasteiger partial charge in [-0.3, -0.25) is 4.90 Å². The number of carbonyl (C=O) groups excluding carboxylic acids is 1. The van der Waals surface area contributed by atoms with E-state index in [1.807, 2.05) is 0 Å². The van der Waals surface area contributed by atoms with Gasteiger partial charge in [-0.05, 0) is 0 Å². The largest absolute Gasteiger partial charge is 0.453 e. The van der Waals surface area contributed by atoms with Gasteiger partial charge in [0.1, 0.15) is 0 Å². The van der Waals surface area contributed by atoms with Crippen LogP contribution in [0.15, 0.2) is 0 Å². The van der Waals surface area contributed by atoms with Crippen molar-refractivity contribution < 1.29 is 14.3 Å². The molecule has 3 aliphatic rings. The monoisotopic (exact) mass is 247 g/mol. The Hall–Kier alpha value is -0.290. The van der Waals surface area contributed by atoms with Crippen LogP contribution >= 0.6 is 15.9 Å². The molecule has 0 spiro atoms. The Morgan fingerprint density at radius 1 is 1.69 bits per heavy atom. The molecule has 2 heterocycles. The van der Waals surface area contributed by atoms with Crippen molar-refractivity contribution in [2.45, 2.75) is 23.0 Å². The molecular weight excluding hydrogens is 238 g/mol. The average molecular weight is 248 g/mol. The van der Waals surface area contributed by atoms with Crippen molar-refractivity contribution >= 4 is 22.0 Å². The van der Waals surface area contributed by atoms with Gasteiger partial charge in [-0.2, -0.15) is 0 Å². The number of methoxy groups -OCH3 is 1. The van der Waals surface area contributed by atoms with Crippen molar-refractivity contribution in [3.05, 3.63) is 0 Å². The van der Waals surface area contributed by atoms with Crippen LogP contribution in [-0.2, 0) is 9.47 Å². The summed E-state index contributed by atoms with van der Waals surface area (Å²) in [5.41, 5.74) is 0. The van der Waals surface area contributed by atoms with Gasteiger partial charge in [0.05, 0.1) is 36.7 Å². The molecule has 1 aliphatic carbocycles. The van der Waals surface area contributed by atoms with E-state index in [1.54, 1.807) is 4.90 Å². The minimum absolute atomic E-state index is 0.223. The Labute approximate surface area is 84.3 Å². The van der Waals surface area contributed by atoms with Crippen LogP contribution in [0.3, 0.4) is 0 Å². The molecule has 0 radical (unpaired) electrons. The first-order valence-electron chi connectivity index (χ1n) is 4.37. The maximum absolute atomic E-state index is 11.3. The predicted molar refractivity (Wildman–Crippen MR) is 47.8 cm³/mol. The van der Waals surface area contributed by atoms with E-state index in [1.165, 1.54) is 7.11 Å². The second-order valence-electron chi connectivity index (χ2n) is 3.75. The number of ether oxygens (including phenoxy) is 2. The zero-order valence-electron chi connectivity index (χ0n) is 7.14. The van der Waals surface area contributed by atoms with Gasteiger partial charge < -0.3 is 9.47 Å². The number of amides is 1. The fourth-order valence-corrected chi connectivity index (χ4v) is 3.84. The van der Waals surface area contributed by atoms with E-state index in [2.05, 4.69) is 15.9 Å². The molecule has 1 unspecified atom stereocenters. The molecule has 0 aromatic carbocycles. The molecule has 0 aromatic heterocycles. The molecule has 1 amide bonds. The lowest BCUT2D eigenvalue weighted by Crippen LogP contribution is -2.78. The first-order valence-corrected chi connectivity index (χ1v) is 5.29. The zero-order chi connectivity index (χ0) is 9.16. The number of rotatable bonds is 0. The topological polar surface area (TPSA) is 38.8 Å². The van der Waals surface area contributed by atoms with Gasteiger partial charge in [-0.25, -0.2) is 4.79 Å². The van der Waals surface area contributed by atoms with E-state index in [4.69, 9.17) is 9.47 Å². The van der Waals surface area contributed by atoms with Gasteiger partial charge in [0.25, 0.3) is 0 Å². The number of piperidine rings is 1. The standard InChI is InChI=1S/C8H10BrNO3/c1-12-8(11)10-3-2-13-7-4(3)6(10)5(7)9/h3-7H,2H2,1H3/t3-,4?,5-,6-,7+/m0/s1. The van der Waals surface area contributed by atoms with E-state index >= 15 is 0 Å². The first kappa shape index (κ1) is 8.05. The minimum Gasteiger partial charge on any atom is -0.453 e. The van der Waals surface area contributed by atoms with Crippen molar-refractivity contribution in [2.24, 2.45) is 5.92 Å². The highest BCUT2D eigenvalue weighted by Gasteiger charge is 2.70. The van der Waals surface area contributed by atoms with Gasteiger partial charge >= 0.3 is 6.09 Å². The fraction of sp³-hybridized carbons (Fsp3) is 0.875. The minimum atomic E-state index is -0.223. The van der Waals surface area contributed by atoms with E-state index in [-0.39, 0.29) is 12.1 Å². The lowest BCUT2D eigenvalue weighted by atomic mass is 9.65. The number of nitrogens with zero attached hydrogens (tertiary/aromatic N) is 1. The van der Waals surface area contributed by atoms with Crippen LogP contribution in [0.25, 0.3) is 0 Å². The van der Waals surface area contributed by atoms with Gasteiger partial charge in [0, 0.05) is 5.92 Å². The molecule has 1 saturated carbocycles. The Bertz CT molecular complexity index is 272. The van der Waals surface area contributed by atoms with Gasteiger partial charge in [0.2, 0.25) is 0 Å². The zero-order valence-corrected chi connectivity index (χ0v) is 8.73. The molecule has 0 aromatic rings. The van der Waals surface area contributed by atoms with Crippen LogP contribution in [-0.4, -0.2) is 47.7 Å². The molecule has 5 atom stereocenters. The van der Waals surface area contributed by atoms with Crippen molar-refractivity contribution in [1.82, 2.24) is 4.90 Å². The molecule has 3 fully saturated rings. The summed E-state index contributed by atoms with van der Waals surface area (Å²) in [6.45, 7) is 0.670. The summed E-state index contributed by atoms with van der Waals surface area (Å²) >= 11 is 3.53. The highest BCUT2D eigenvalue weighted by molar-refractivity contribution is 9.09. The maximum atomic E-state index is 11.3. The summed E-state index contributed by atoms with van der Waals surface area (Å²) in [5, 5.41) is 0. The predicted octanol–water partition coefficient (Wildman–Crippen LogP) is 0.598. The molecule has 2 saturated heterocycles. The number of hydrogen-bond donors (Lipinski definition) is 0. The number of hydrogen-bond acceptors (Lipinski definition) is 3. The molecule has 2 aliphatic heterocycles. The number of likely N-dealkylation sites (tertiary alicyclic amines) is 1. The number of halogens is 1. The molecule has 13 heavy (non-hydrogen) atoms. The molecule has 4 nitrogen and oxygen atoms in total. The Kier molecular flexibility index (Phi) is 1.48. The molecule has 0 bridgehead atoms. The smallest absolute Gasteiger partial charge is 0.410 e. The summed E-state index contributed by atoms with van der Waals surface area (Å²) in [5.74, 6) is 0.559. The van der Waals surface area contributed by atoms with Crippen LogP contribution in [0.5, 0.6) is 0 Å². The van der Waals surface area contributed by atoms with E-state index < -0.39 is 0 Å². The van der Waals surface area contributed by atoms with Crippen LogP contribution in [0, 0.1) is 5.92 Å². The lowest BCUT2D eigenvalue weighted by molar-refractivity contribution is -0.0970. The van der Waals surface area contributed by atoms with Crippen molar-refractivity contribution in [3.8, 4) is 0 Å². The lowest BCUT2D eigenvalue weighted by Gasteiger charge is -2.61. The Balaban J connectivity index is 1.82. The Morgan fingerprint density at radius 2 is 2.46 bits per heavy atom. The molecule has 0 N–H and O–H groups in total. The summed E-state index contributed by atoms with van der Waals surface area (Å²) in [7, 11) is 1.42. The van der Waals surface area contributed by atoms with Gasteiger partial charge in [0.15, 0.2) is 0 Å². The number of carbonyl (C=O) groups is 1. The third kappa shape index (κ3) is 0.737. The highest BCUT2D eigenvalue weighted by atomic mass is 79.9. The summed E-state index contributed by atoms with van der Waals surface area (Å²) < 4.78 is 10.3. The number of alkyl halides is 1. The third-order valence-electron chi connectivity index (χ3n) is 3.38. The highest BCUT2D eigenvalue weighted by Crippen LogP contribution is 2.55. The molecule has 72 valence electrons. The molecule has 5 heteroatoms. The van der Waals surface area contributed by atoms with Crippen LogP contribution in [0.2, 0.25) is 0 Å². The second-order valence-corrected chi connectivity index (χ2v) is 4.81. The molecular formula is C8H10BrNO3. The van der Waals surface area contributed by atoms with Crippen molar-refractivity contribution in [1.29, 1.82) is 0 Å². The van der Waals surface area contributed by atoms with Crippen LogP contribution < -0.4 is 0 Å². The Morgan fingerprint density at radius 3 is 3.15 bits per heavy atom. The van der Waals surface area contributed by atoms with E-state index in [0.717, 1.165) is 0 Å². The average Bonchev–Trinajstić information content (AvgIpc) is 2.31. The summed E-state index contributed by atoms with van der Waals surface area (Å²) in [6.07, 6.45) is 0.107. The normalized spacial score (nSPS) is 50.6. The SMILES string of the molecule is COC(=O)N1[C@H]2CO[C@@H]3C2[C@H]1[C@@H]3Br. The second kappa shape index (κ2) is 2.39. The van der Waals surface area contributed by atoms with Crippen molar-refractivity contribution in [3.63, 3.8) is 0 Å².